The van der Waals surface area contributed by atoms with Gasteiger partial charge >= 0.3 is 0 Å². The smallest absolute Gasteiger partial charge is 0.244 e. The third kappa shape index (κ3) is 4.40. The molecule has 0 bridgehead atoms. The van der Waals surface area contributed by atoms with E-state index in [0.29, 0.717) is 18.4 Å². The first-order chi connectivity index (χ1) is 14.1. The summed E-state index contributed by atoms with van der Waals surface area (Å²) >= 11 is 0. The Hall–Kier alpha value is -3.34. The summed E-state index contributed by atoms with van der Waals surface area (Å²) in [6, 6.07) is 21.9. The lowest BCUT2D eigenvalue weighted by Crippen LogP contribution is -2.21. The van der Waals surface area contributed by atoms with Crippen molar-refractivity contribution in [3.05, 3.63) is 89.7 Å². The zero-order valence-corrected chi connectivity index (χ0v) is 16.7. The van der Waals surface area contributed by atoms with Crippen molar-refractivity contribution in [3.8, 4) is 0 Å². The number of carbonyl (C=O) groups excluding carboxylic acids is 1. The molecule has 0 fully saturated rings. The number of nitrogens with one attached hydrogen (secondary N) is 1. The summed E-state index contributed by atoms with van der Waals surface area (Å²) in [6.07, 6.45) is 1.87. The van der Waals surface area contributed by atoms with Crippen molar-refractivity contribution < 1.29 is 9.53 Å². The van der Waals surface area contributed by atoms with Crippen LogP contribution in [0.4, 0.5) is 5.69 Å². The first-order valence-corrected chi connectivity index (χ1v) is 9.91. The lowest BCUT2D eigenvalue weighted by atomic mass is 10.0. The van der Waals surface area contributed by atoms with Crippen LogP contribution in [-0.2, 0) is 16.1 Å². The molecule has 5 heteroatoms. The number of aromatic nitrogens is 1. The topological polar surface area (TPSA) is 55.6 Å². The Morgan fingerprint density at radius 2 is 1.86 bits per heavy atom. The van der Waals surface area contributed by atoms with Crippen molar-refractivity contribution in [3.63, 3.8) is 0 Å². The molecule has 1 aliphatic heterocycles. The molecule has 5 nitrogen and oxygen atoms in total. The molecule has 1 amide bonds. The van der Waals surface area contributed by atoms with Crippen LogP contribution in [0.25, 0.3) is 0 Å². The van der Waals surface area contributed by atoms with E-state index in [2.05, 4.69) is 31.3 Å². The molecule has 0 aliphatic carbocycles. The molecule has 1 atom stereocenters. The summed E-state index contributed by atoms with van der Waals surface area (Å²) in [6.45, 7) is 5.01. The average molecular weight is 387 g/mol. The highest BCUT2D eigenvalue weighted by molar-refractivity contribution is 5.95. The minimum Gasteiger partial charge on any atom is -0.474 e. The van der Waals surface area contributed by atoms with Crippen molar-refractivity contribution >= 4 is 17.5 Å². The van der Waals surface area contributed by atoms with Gasteiger partial charge in [0.2, 0.25) is 11.8 Å². The molecule has 0 saturated heterocycles. The number of hydrogen-bond donors (Lipinski definition) is 1. The number of benzene rings is 2. The van der Waals surface area contributed by atoms with E-state index in [1.54, 1.807) is 0 Å². The van der Waals surface area contributed by atoms with Crippen LogP contribution < -0.4 is 5.32 Å². The van der Waals surface area contributed by atoms with Gasteiger partial charge in [-0.15, -0.1) is 0 Å². The summed E-state index contributed by atoms with van der Waals surface area (Å²) in [5.74, 6) is 0.963. The second kappa shape index (κ2) is 8.35. The van der Waals surface area contributed by atoms with E-state index >= 15 is 0 Å². The highest BCUT2D eigenvalue weighted by atomic mass is 16.5. The molecule has 0 unspecified atom stereocenters. The molecule has 1 aliphatic rings. The fraction of sp³-hybridized carbons (Fsp3) is 0.250. The largest absolute Gasteiger partial charge is 0.474 e. The second-order valence-corrected chi connectivity index (χ2v) is 7.52. The summed E-state index contributed by atoms with van der Waals surface area (Å²) < 4.78 is 7.70. The molecular weight excluding hydrogens is 362 g/mol. The van der Waals surface area contributed by atoms with E-state index in [1.165, 1.54) is 5.56 Å². The minimum atomic E-state index is -0.0852. The summed E-state index contributed by atoms with van der Waals surface area (Å²) in [4.78, 5) is 17.3. The van der Waals surface area contributed by atoms with Crippen molar-refractivity contribution in [2.45, 2.75) is 32.4 Å². The standard InChI is InChI=1S/C24H25N3O2/c1-17(2)18-10-12-20(13-11-18)25-23(28)15-27-14-6-9-22(27)24-26-21(16-29-24)19-7-4-3-5-8-19/h3-14,17,21H,15-16H2,1-2H3,(H,25,28)/t21-/m1/s1. The van der Waals surface area contributed by atoms with E-state index in [-0.39, 0.29) is 18.5 Å². The van der Waals surface area contributed by atoms with Gasteiger partial charge < -0.3 is 14.6 Å². The maximum atomic E-state index is 12.5. The molecule has 29 heavy (non-hydrogen) atoms. The normalized spacial score (nSPS) is 15.8. The van der Waals surface area contributed by atoms with Gasteiger partial charge in [0.1, 0.15) is 24.9 Å². The van der Waals surface area contributed by atoms with Crippen LogP contribution in [-0.4, -0.2) is 23.0 Å². The van der Waals surface area contributed by atoms with Crippen LogP contribution in [0.1, 0.15) is 42.6 Å². The van der Waals surface area contributed by atoms with Gasteiger partial charge in [0.15, 0.2) is 0 Å². The Morgan fingerprint density at radius 1 is 1.10 bits per heavy atom. The molecular formula is C24H25N3O2. The Labute approximate surface area is 171 Å². The first kappa shape index (κ1) is 19.0. The number of nitrogens with zero attached hydrogens (tertiary/aromatic N) is 2. The van der Waals surface area contributed by atoms with Crippen LogP contribution in [0.15, 0.2) is 77.9 Å². The average Bonchev–Trinajstić information content (AvgIpc) is 3.38. The molecule has 1 N–H and O–H groups in total. The molecule has 3 aromatic rings. The van der Waals surface area contributed by atoms with Gasteiger partial charge in [0.25, 0.3) is 0 Å². The molecule has 2 heterocycles. The second-order valence-electron chi connectivity index (χ2n) is 7.52. The fourth-order valence-electron chi connectivity index (χ4n) is 3.41. The Bertz CT molecular complexity index is 1000. The Balaban J connectivity index is 1.43. The Kier molecular flexibility index (Phi) is 5.47. The van der Waals surface area contributed by atoms with Crippen molar-refractivity contribution in [1.29, 1.82) is 0 Å². The highest BCUT2D eigenvalue weighted by Gasteiger charge is 2.23. The monoisotopic (exact) mass is 387 g/mol. The third-order valence-electron chi connectivity index (χ3n) is 5.06. The van der Waals surface area contributed by atoms with Gasteiger partial charge in [-0.3, -0.25) is 4.79 Å². The van der Waals surface area contributed by atoms with Crippen LogP contribution in [0, 0.1) is 0 Å². The van der Waals surface area contributed by atoms with E-state index in [9.17, 15) is 4.79 Å². The van der Waals surface area contributed by atoms with Crippen LogP contribution in [0.5, 0.6) is 0 Å². The highest BCUT2D eigenvalue weighted by Crippen LogP contribution is 2.25. The van der Waals surface area contributed by atoms with Gasteiger partial charge in [-0.1, -0.05) is 56.3 Å². The van der Waals surface area contributed by atoms with Crippen molar-refractivity contribution in [2.24, 2.45) is 4.99 Å². The number of aliphatic imine (C=N–C) groups is 1. The lowest BCUT2D eigenvalue weighted by molar-refractivity contribution is -0.116. The molecule has 4 rings (SSSR count). The third-order valence-corrected chi connectivity index (χ3v) is 5.06. The number of rotatable bonds is 6. The van der Waals surface area contributed by atoms with Gasteiger partial charge in [0, 0.05) is 11.9 Å². The summed E-state index contributed by atoms with van der Waals surface area (Å²) in [7, 11) is 0. The van der Waals surface area contributed by atoms with Gasteiger partial charge in [0.05, 0.1) is 0 Å². The predicted molar refractivity (Wildman–Crippen MR) is 115 cm³/mol. The van der Waals surface area contributed by atoms with Crippen LogP contribution in [0.3, 0.4) is 0 Å². The van der Waals surface area contributed by atoms with Gasteiger partial charge in [-0.25, -0.2) is 4.99 Å². The molecule has 0 radical (unpaired) electrons. The predicted octanol–water partition coefficient (Wildman–Crippen LogP) is 4.77. The first-order valence-electron chi connectivity index (χ1n) is 9.91. The summed E-state index contributed by atoms with van der Waals surface area (Å²) in [5, 5.41) is 2.96. The maximum Gasteiger partial charge on any atom is 0.244 e. The zero-order chi connectivity index (χ0) is 20.2. The minimum absolute atomic E-state index is 0.0113. The van der Waals surface area contributed by atoms with E-state index in [1.807, 2.05) is 65.4 Å². The van der Waals surface area contributed by atoms with Crippen molar-refractivity contribution in [1.82, 2.24) is 4.57 Å². The van der Waals surface area contributed by atoms with Gasteiger partial charge in [-0.05, 0) is 41.3 Å². The number of anilines is 1. The maximum absolute atomic E-state index is 12.5. The van der Waals surface area contributed by atoms with E-state index < -0.39 is 0 Å². The molecule has 1 aromatic heterocycles. The quantitative estimate of drug-likeness (QED) is 0.662. The number of hydrogen-bond acceptors (Lipinski definition) is 3. The molecule has 2 aromatic carbocycles. The van der Waals surface area contributed by atoms with E-state index in [4.69, 9.17) is 9.73 Å². The number of amides is 1. The van der Waals surface area contributed by atoms with Crippen LogP contribution >= 0.6 is 0 Å². The fourth-order valence-corrected chi connectivity index (χ4v) is 3.41. The molecule has 0 spiro atoms. The number of ether oxygens (including phenoxy) is 1. The summed E-state index contributed by atoms with van der Waals surface area (Å²) in [5.41, 5.74) is 3.99. The lowest BCUT2D eigenvalue weighted by Gasteiger charge is -2.11. The molecule has 148 valence electrons. The molecule has 0 saturated carbocycles. The van der Waals surface area contributed by atoms with Gasteiger partial charge in [-0.2, -0.15) is 0 Å². The van der Waals surface area contributed by atoms with Crippen LogP contribution in [0.2, 0.25) is 0 Å². The van der Waals surface area contributed by atoms with E-state index in [0.717, 1.165) is 16.9 Å². The Morgan fingerprint density at radius 3 is 2.59 bits per heavy atom. The SMILES string of the molecule is CC(C)c1ccc(NC(=O)Cn2cccc2C2=N[C@@H](c3ccccc3)CO2)cc1. The zero-order valence-electron chi connectivity index (χ0n) is 16.7. The van der Waals surface area contributed by atoms with Crippen molar-refractivity contribution in [2.75, 3.05) is 11.9 Å². The number of carbonyl (C=O) groups is 1.